The number of carbonyl (C=O) groups excluding carboxylic acids is 1. The SMILES string of the molecule is O=C(COc1ccccc1F)Nc1cccc(S(=O)(=O)Nc2ccc(Br)cc2)c1. The van der Waals surface area contributed by atoms with Crippen LogP contribution in [0.4, 0.5) is 15.8 Å². The second kappa shape index (κ2) is 9.06. The first-order chi connectivity index (χ1) is 13.8. The molecule has 0 heterocycles. The Kier molecular flexibility index (Phi) is 6.50. The molecule has 3 aromatic rings. The monoisotopic (exact) mass is 478 g/mol. The number of hydrogen-bond donors (Lipinski definition) is 2. The molecule has 29 heavy (non-hydrogen) atoms. The Balaban J connectivity index is 1.66. The van der Waals surface area contributed by atoms with Crippen molar-refractivity contribution in [2.45, 2.75) is 4.90 Å². The van der Waals surface area contributed by atoms with Gasteiger partial charge >= 0.3 is 0 Å². The van der Waals surface area contributed by atoms with Crippen LogP contribution in [0, 0.1) is 5.82 Å². The fourth-order valence-electron chi connectivity index (χ4n) is 2.38. The molecule has 3 aromatic carbocycles. The van der Waals surface area contributed by atoms with E-state index in [1.165, 1.54) is 36.4 Å². The highest BCUT2D eigenvalue weighted by atomic mass is 79.9. The second-order valence-electron chi connectivity index (χ2n) is 5.91. The average molecular weight is 479 g/mol. The molecule has 0 aliphatic rings. The summed E-state index contributed by atoms with van der Waals surface area (Å²) in [7, 11) is -3.84. The fraction of sp³-hybridized carbons (Fsp3) is 0.0500. The third kappa shape index (κ3) is 5.78. The van der Waals surface area contributed by atoms with Gasteiger partial charge in [-0.3, -0.25) is 9.52 Å². The summed E-state index contributed by atoms with van der Waals surface area (Å²) in [5.41, 5.74) is 0.673. The van der Waals surface area contributed by atoms with Crippen LogP contribution in [0.2, 0.25) is 0 Å². The summed E-state index contributed by atoms with van der Waals surface area (Å²) >= 11 is 3.29. The van der Waals surface area contributed by atoms with Gasteiger partial charge in [-0.1, -0.05) is 34.1 Å². The first kappa shape index (κ1) is 20.8. The van der Waals surface area contributed by atoms with E-state index in [0.717, 1.165) is 4.47 Å². The van der Waals surface area contributed by atoms with Crippen molar-refractivity contribution in [1.29, 1.82) is 0 Å². The van der Waals surface area contributed by atoms with Gasteiger partial charge in [0.15, 0.2) is 18.2 Å². The summed E-state index contributed by atoms with van der Waals surface area (Å²) in [6.07, 6.45) is 0. The maximum absolute atomic E-state index is 13.5. The summed E-state index contributed by atoms with van der Waals surface area (Å²) in [6.45, 7) is -0.422. The summed E-state index contributed by atoms with van der Waals surface area (Å²) in [5.74, 6) is -1.17. The maximum atomic E-state index is 13.5. The van der Waals surface area contributed by atoms with Crippen LogP contribution in [-0.2, 0) is 14.8 Å². The molecular weight excluding hydrogens is 463 g/mol. The van der Waals surface area contributed by atoms with Crippen molar-refractivity contribution in [3.05, 3.63) is 83.1 Å². The van der Waals surface area contributed by atoms with Crippen molar-refractivity contribution in [2.75, 3.05) is 16.6 Å². The molecule has 150 valence electrons. The van der Waals surface area contributed by atoms with Gasteiger partial charge in [0.05, 0.1) is 4.90 Å². The van der Waals surface area contributed by atoms with Gasteiger partial charge in [0.25, 0.3) is 15.9 Å². The quantitative estimate of drug-likeness (QED) is 0.526. The number of amides is 1. The van der Waals surface area contributed by atoms with E-state index in [2.05, 4.69) is 26.0 Å². The Morgan fingerprint density at radius 3 is 2.41 bits per heavy atom. The minimum Gasteiger partial charge on any atom is -0.481 e. The Hall–Kier alpha value is -2.91. The van der Waals surface area contributed by atoms with E-state index in [0.29, 0.717) is 5.69 Å². The highest BCUT2D eigenvalue weighted by molar-refractivity contribution is 9.10. The van der Waals surface area contributed by atoms with E-state index in [9.17, 15) is 17.6 Å². The predicted octanol–water partition coefficient (Wildman–Crippen LogP) is 4.41. The molecule has 0 radical (unpaired) electrons. The number of para-hydroxylation sites is 1. The standard InChI is InChI=1S/C20H16BrFN2O4S/c21-14-8-10-15(11-9-14)24-29(26,27)17-5-3-4-16(12-17)23-20(25)13-28-19-7-2-1-6-18(19)22/h1-12,24H,13H2,(H,23,25). The molecule has 6 nitrogen and oxygen atoms in total. The number of nitrogens with one attached hydrogen (secondary N) is 2. The molecule has 0 aromatic heterocycles. The van der Waals surface area contributed by atoms with Crippen molar-refractivity contribution >= 4 is 43.2 Å². The molecular formula is C20H16BrFN2O4S. The van der Waals surface area contributed by atoms with Crippen LogP contribution in [0.25, 0.3) is 0 Å². The van der Waals surface area contributed by atoms with Crippen LogP contribution in [0.3, 0.4) is 0 Å². The molecule has 0 aliphatic carbocycles. The largest absolute Gasteiger partial charge is 0.481 e. The molecule has 0 saturated heterocycles. The predicted molar refractivity (Wildman–Crippen MR) is 112 cm³/mol. The summed E-state index contributed by atoms with van der Waals surface area (Å²) in [6, 6.07) is 18.2. The van der Waals surface area contributed by atoms with Crippen molar-refractivity contribution in [2.24, 2.45) is 0 Å². The fourth-order valence-corrected chi connectivity index (χ4v) is 3.74. The molecule has 0 atom stereocenters. The third-order valence-electron chi connectivity index (χ3n) is 3.72. The third-order valence-corrected chi connectivity index (χ3v) is 5.63. The van der Waals surface area contributed by atoms with Crippen LogP contribution < -0.4 is 14.8 Å². The number of halogens is 2. The van der Waals surface area contributed by atoms with E-state index in [-0.39, 0.29) is 16.3 Å². The number of rotatable bonds is 7. The van der Waals surface area contributed by atoms with Crippen molar-refractivity contribution in [3.63, 3.8) is 0 Å². The van der Waals surface area contributed by atoms with Crippen molar-refractivity contribution in [3.8, 4) is 5.75 Å². The van der Waals surface area contributed by atoms with Crippen LogP contribution >= 0.6 is 15.9 Å². The van der Waals surface area contributed by atoms with Crippen LogP contribution in [0.1, 0.15) is 0 Å². The number of hydrogen-bond acceptors (Lipinski definition) is 4. The highest BCUT2D eigenvalue weighted by Gasteiger charge is 2.15. The highest BCUT2D eigenvalue weighted by Crippen LogP contribution is 2.21. The van der Waals surface area contributed by atoms with Crippen LogP contribution in [0.5, 0.6) is 5.75 Å². The molecule has 2 N–H and O–H groups in total. The van der Waals surface area contributed by atoms with Gasteiger partial charge in [-0.25, -0.2) is 12.8 Å². The molecule has 3 rings (SSSR count). The summed E-state index contributed by atoms with van der Waals surface area (Å²) in [4.78, 5) is 12.0. The van der Waals surface area contributed by atoms with Gasteiger partial charge in [-0.2, -0.15) is 0 Å². The van der Waals surface area contributed by atoms with E-state index in [4.69, 9.17) is 4.74 Å². The van der Waals surface area contributed by atoms with Gasteiger partial charge in [-0.05, 0) is 54.6 Å². The Morgan fingerprint density at radius 1 is 0.966 bits per heavy atom. The number of anilines is 2. The minimum absolute atomic E-state index is 0.0201. The molecule has 1 amide bonds. The summed E-state index contributed by atoms with van der Waals surface area (Å²) in [5, 5.41) is 2.53. The topological polar surface area (TPSA) is 84.5 Å². The molecule has 0 saturated carbocycles. The number of ether oxygens (including phenoxy) is 1. The normalized spacial score (nSPS) is 11.0. The molecule has 9 heteroatoms. The zero-order valence-electron chi connectivity index (χ0n) is 14.9. The number of carbonyl (C=O) groups is 1. The van der Waals surface area contributed by atoms with E-state index in [1.807, 2.05) is 0 Å². The van der Waals surface area contributed by atoms with Crippen molar-refractivity contribution < 1.29 is 22.3 Å². The molecule has 0 unspecified atom stereocenters. The Morgan fingerprint density at radius 2 is 1.69 bits per heavy atom. The van der Waals surface area contributed by atoms with Crippen LogP contribution in [0.15, 0.2) is 82.2 Å². The smallest absolute Gasteiger partial charge is 0.262 e. The van der Waals surface area contributed by atoms with Crippen LogP contribution in [-0.4, -0.2) is 20.9 Å². The zero-order valence-corrected chi connectivity index (χ0v) is 17.3. The lowest BCUT2D eigenvalue weighted by Gasteiger charge is -2.11. The van der Waals surface area contributed by atoms with E-state index < -0.39 is 28.4 Å². The van der Waals surface area contributed by atoms with Gasteiger partial charge in [0, 0.05) is 15.8 Å². The lowest BCUT2D eigenvalue weighted by molar-refractivity contribution is -0.118. The maximum Gasteiger partial charge on any atom is 0.262 e. The molecule has 0 spiro atoms. The van der Waals surface area contributed by atoms with Gasteiger partial charge in [0.1, 0.15) is 0 Å². The lowest BCUT2D eigenvalue weighted by Crippen LogP contribution is -2.21. The lowest BCUT2D eigenvalue weighted by atomic mass is 10.3. The van der Waals surface area contributed by atoms with E-state index >= 15 is 0 Å². The second-order valence-corrected chi connectivity index (χ2v) is 8.51. The molecule has 0 bridgehead atoms. The van der Waals surface area contributed by atoms with Crippen molar-refractivity contribution in [1.82, 2.24) is 0 Å². The zero-order chi connectivity index (χ0) is 20.9. The molecule has 0 aliphatic heterocycles. The number of sulfonamides is 1. The Bertz CT molecular complexity index is 1120. The van der Waals surface area contributed by atoms with E-state index in [1.54, 1.807) is 36.4 Å². The molecule has 0 fully saturated rings. The van der Waals surface area contributed by atoms with Gasteiger partial charge in [0.2, 0.25) is 0 Å². The minimum atomic E-state index is -3.84. The first-order valence-corrected chi connectivity index (χ1v) is 10.7. The van der Waals surface area contributed by atoms with Gasteiger partial charge < -0.3 is 10.1 Å². The number of benzene rings is 3. The Labute approximate surface area is 175 Å². The summed E-state index contributed by atoms with van der Waals surface area (Å²) < 4.78 is 47.1. The average Bonchev–Trinajstić information content (AvgIpc) is 2.69. The first-order valence-electron chi connectivity index (χ1n) is 8.39. The van der Waals surface area contributed by atoms with Gasteiger partial charge in [-0.15, -0.1) is 0 Å².